The second kappa shape index (κ2) is 8.33. The number of Topliss-reactive ketones (excluding diaryl/α,β-unsaturated/α-hetero) is 1. The van der Waals surface area contributed by atoms with Crippen LogP contribution >= 0.6 is 0 Å². The first-order valence-corrected chi connectivity index (χ1v) is 10.8. The van der Waals surface area contributed by atoms with Crippen LogP contribution in [0.15, 0.2) is 48.6 Å². The Balaban J connectivity index is 1.48. The van der Waals surface area contributed by atoms with Crippen molar-refractivity contribution in [2.24, 2.45) is 0 Å². The summed E-state index contributed by atoms with van der Waals surface area (Å²) in [6, 6.07) is 11.0. The zero-order valence-corrected chi connectivity index (χ0v) is 17.9. The molecule has 0 bridgehead atoms. The topological polar surface area (TPSA) is 72.5 Å². The second-order valence-corrected chi connectivity index (χ2v) is 8.36. The van der Waals surface area contributed by atoms with Crippen molar-refractivity contribution in [3.8, 4) is 0 Å². The fourth-order valence-corrected chi connectivity index (χ4v) is 4.31. The van der Waals surface area contributed by atoms with Gasteiger partial charge in [-0.05, 0) is 36.9 Å². The van der Waals surface area contributed by atoms with Gasteiger partial charge in [0.15, 0.2) is 5.78 Å². The Labute approximate surface area is 185 Å². The molecular formula is C25H25FN4O2. The minimum atomic E-state index is -0.465. The van der Waals surface area contributed by atoms with E-state index in [0.29, 0.717) is 22.5 Å². The maximum atomic E-state index is 14.8. The number of benzene rings is 2. The number of hydrogen-bond donors (Lipinski definition) is 2. The Hall–Kier alpha value is -3.29. The highest BCUT2D eigenvalue weighted by Gasteiger charge is 2.22. The van der Waals surface area contributed by atoms with E-state index in [-0.39, 0.29) is 24.4 Å². The predicted octanol–water partition coefficient (Wildman–Crippen LogP) is 3.39. The number of carbonyl (C=O) groups is 1. The van der Waals surface area contributed by atoms with Gasteiger partial charge in [0.05, 0.1) is 23.2 Å². The lowest BCUT2D eigenvalue weighted by atomic mass is 9.92. The number of nitrogens with one attached hydrogen (secondary N) is 1. The SMILES string of the molecule is CN1CCN(c2ccc3nc(C4=CC(c5cccc(CO)c5F)=CCC4=O)[nH]c3c2)CC1. The third kappa shape index (κ3) is 3.74. The number of carbonyl (C=O) groups excluding carboxylic acids is 1. The normalized spacial score (nSPS) is 17.6. The van der Waals surface area contributed by atoms with Crippen molar-refractivity contribution in [3.63, 3.8) is 0 Å². The number of aromatic amines is 1. The van der Waals surface area contributed by atoms with Crippen molar-refractivity contribution < 1.29 is 14.3 Å². The Bertz CT molecular complexity index is 1250. The summed E-state index contributed by atoms with van der Waals surface area (Å²) < 4.78 is 14.8. The number of rotatable bonds is 4. The molecule has 2 heterocycles. The van der Waals surface area contributed by atoms with Crippen LogP contribution in [0, 0.1) is 5.82 Å². The van der Waals surface area contributed by atoms with E-state index >= 15 is 0 Å². The van der Waals surface area contributed by atoms with Crippen LogP contribution in [0.5, 0.6) is 0 Å². The van der Waals surface area contributed by atoms with Gasteiger partial charge in [0, 0.05) is 49.4 Å². The number of anilines is 1. The van der Waals surface area contributed by atoms with Crippen molar-refractivity contribution in [1.29, 1.82) is 0 Å². The van der Waals surface area contributed by atoms with E-state index in [4.69, 9.17) is 0 Å². The van der Waals surface area contributed by atoms with Gasteiger partial charge in [-0.3, -0.25) is 4.79 Å². The average molecular weight is 432 g/mol. The van der Waals surface area contributed by atoms with Crippen LogP contribution in [0.1, 0.15) is 23.4 Å². The number of imidazole rings is 1. The maximum Gasteiger partial charge on any atom is 0.170 e. The summed E-state index contributed by atoms with van der Waals surface area (Å²) in [5, 5.41) is 9.37. The van der Waals surface area contributed by atoms with Crippen molar-refractivity contribution in [2.75, 3.05) is 38.1 Å². The molecule has 7 heteroatoms. The summed E-state index contributed by atoms with van der Waals surface area (Å²) in [5.41, 5.74) is 4.45. The van der Waals surface area contributed by atoms with Crippen molar-refractivity contribution in [3.05, 3.63) is 71.3 Å². The van der Waals surface area contributed by atoms with Gasteiger partial charge in [-0.2, -0.15) is 0 Å². The Morgan fingerprint density at radius 2 is 1.97 bits per heavy atom. The average Bonchev–Trinajstić information content (AvgIpc) is 3.23. The number of fused-ring (bicyclic) bond motifs is 1. The standard InChI is InChI=1S/C25H25FN4O2/c1-29-9-11-30(12-10-29)18-6-7-21-22(14-18)28-25(27-21)20-13-16(5-8-23(20)32)19-4-2-3-17(15-31)24(19)26/h2-7,13-14,31H,8-12,15H2,1H3,(H,27,28). The molecule has 0 radical (unpaired) electrons. The number of H-pyrrole nitrogens is 1. The lowest BCUT2D eigenvalue weighted by Crippen LogP contribution is -2.44. The number of nitrogens with zero attached hydrogens (tertiary/aromatic N) is 3. The quantitative estimate of drug-likeness (QED) is 0.661. The second-order valence-electron chi connectivity index (χ2n) is 8.36. The first kappa shape index (κ1) is 20.6. The molecule has 1 fully saturated rings. The minimum absolute atomic E-state index is 0.0641. The number of hydrogen-bond acceptors (Lipinski definition) is 5. The molecule has 1 saturated heterocycles. The van der Waals surface area contributed by atoms with Crippen LogP contribution in [0.3, 0.4) is 0 Å². The van der Waals surface area contributed by atoms with Gasteiger partial charge in [-0.25, -0.2) is 9.37 Å². The van der Waals surface area contributed by atoms with Gasteiger partial charge in [0.2, 0.25) is 0 Å². The fraction of sp³-hybridized carbons (Fsp3) is 0.280. The molecule has 0 amide bonds. The van der Waals surface area contributed by atoms with Crippen LogP contribution in [-0.4, -0.2) is 59.0 Å². The number of likely N-dealkylation sites (N-methyl/N-ethyl adjacent to an activating group) is 1. The number of piperazine rings is 1. The number of halogens is 1. The summed E-state index contributed by atoms with van der Waals surface area (Å²) in [4.78, 5) is 25.3. The largest absolute Gasteiger partial charge is 0.392 e. The lowest BCUT2D eigenvalue weighted by molar-refractivity contribution is -0.113. The third-order valence-electron chi connectivity index (χ3n) is 6.26. The molecular weight excluding hydrogens is 407 g/mol. The first-order valence-electron chi connectivity index (χ1n) is 10.8. The summed E-state index contributed by atoms with van der Waals surface area (Å²) >= 11 is 0. The van der Waals surface area contributed by atoms with E-state index in [9.17, 15) is 14.3 Å². The Morgan fingerprint density at radius 3 is 2.75 bits per heavy atom. The van der Waals surface area contributed by atoms with Crippen molar-refractivity contribution in [1.82, 2.24) is 14.9 Å². The van der Waals surface area contributed by atoms with Gasteiger partial charge in [0.1, 0.15) is 11.6 Å². The van der Waals surface area contributed by atoms with E-state index in [0.717, 1.165) is 42.9 Å². The first-order chi connectivity index (χ1) is 15.5. The third-order valence-corrected chi connectivity index (χ3v) is 6.26. The predicted molar refractivity (Wildman–Crippen MR) is 124 cm³/mol. The molecule has 0 spiro atoms. The molecule has 1 aliphatic carbocycles. The van der Waals surface area contributed by atoms with Gasteiger partial charge in [-0.15, -0.1) is 0 Å². The molecule has 32 heavy (non-hydrogen) atoms. The van der Waals surface area contributed by atoms with Gasteiger partial charge in [0.25, 0.3) is 0 Å². The molecule has 2 aliphatic rings. The molecule has 1 aliphatic heterocycles. The molecule has 0 atom stereocenters. The molecule has 6 nitrogen and oxygen atoms in total. The molecule has 3 aromatic rings. The monoisotopic (exact) mass is 432 g/mol. The lowest BCUT2D eigenvalue weighted by Gasteiger charge is -2.34. The van der Waals surface area contributed by atoms with Gasteiger partial charge >= 0.3 is 0 Å². The van der Waals surface area contributed by atoms with E-state index in [2.05, 4.69) is 38.9 Å². The number of allylic oxidation sites excluding steroid dienone is 4. The number of ketones is 1. The van der Waals surface area contributed by atoms with Crippen molar-refractivity contribution in [2.45, 2.75) is 13.0 Å². The molecule has 0 unspecified atom stereocenters. The van der Waals surface area contributed by atoms with Gasteiger partial charge < -0.3 is 19.9 Å². The van der Waals surface area contributed by atoms with Crippen LogP contribution in [0.25, 0.3) is 22.2 Å². The van der Waals surface area contributed by atoms with E-state index in [1.807, 2.05) is 6.07 Å². The van der Waals surface area contributed by atoms with Crippen molar-refractivity contribution >= 4 is 33.7 Å². The fourth-order valence-electron chi connectivity index (χ4n) is 4.31. The molecule has 0 saturated carbocycles. The highest BCUT2D eigenvalue weighted by Crippen LogP contribution is 2.31. The molecule has 164 valence electrons. The number of aliphatic hydroxyl groups is 1. The number of aliphatic hydroxyl groups excluding tert-OH is 1. The summed E-state index contributed by atoms with van der Waals surface area (Å²) in [7, 11) is 2.13. The smallest absolute Gasteiger partial charge is 0.170 e. The van der Waals surface area contributed by atoms with Crippen LogP contribution in [-0.2, 0) is 11.4 Å². The van der Waals surface area contributed by atoms with E-state index < -0.39 is 5.82 Å². The molecule has 1 aromatic heterocycles. The molecule has 2 N–H and O–H groups in total. The Kier molecular flexibility index (Phi) is 5.36. The minimum Gasteiger partial charge on any atom is -0.392 e. The zero-order chi connectivity index (χ0) is 22.2. The zero-order valence-electron chi connectivity index (χ0n) is 17.9. The summed E-state index contributed by atoms with van der Waals surface area (Å²) in [5.74, 6) is -0.0386. The Morgan fingerprint density at radius 1 is 1.16 bits per heavy atom. The maximum absolute atomic E-state index is 14.8. The van der Waals surface area contributed by atoms with Gasteiger partial charge in [-0.1, -0.05) is 24.3 Å². The van der Waals surface area contributed by atoms with Crippen LogP contribution in [0.2, 0.25) is 0 Å². The van der Waals surface area contributed by atoms with E-state index in [1.54, 1.807) is 30.4 Å². The highest BCUT2D eigenvalue weighted by atomic mass is 19.1. The molecule has 5 rings (SSSR count). The van der Waals surface area contributed by atoms with Crippen LogP contribution < -0.4 is 4.90 Å². The number of aromatic nitrogens is 2. The molecule has 2 aromatic carbocycles. The summed E-state index contributed by atoms with van der Waals surface area (Å²) in [6.45, 7) is 3.62. The highest BCUT2D eigenvalue weighted by molar-refractivity contribution is 6.24. The van der Waals surface area contributed by atoms with Crippen LogP contribution in [0.4, 0.5) is 10.1 Å². The van der Waals surface area contributed by atoms with E-state index in [1.165, 1.54) is 0 Å². The summed E-state index contributed by atoms with van der Waals surface area (Å²) in [6.07, 6.45) is 3.58.